The summed E-state index contributed by atoms with van der Waals surface area (Å²) in [6, 6.07) is 3.79. The molecule has 0 fully saturated rings. The largest absolute Gasteiger partial charge is 0.304 e. The number of Topliss-reactive ketones (excluding diaryl/α,β-unsaturated/α-hetero) is 1. The van der Waals surface area contributed by atoms with Gasteiger partial charge < -0.3 is 4.90 Å². The van der Waals surface area contributed by atoms with Crippen molar-refractivity contribution >= 4 is 29.0 Å². The number of carbonyl (C=O) groups is 2. The predicted molar refractivity (Wildman–Crippen MR) is 63.0 cm³/mol. The van der Waals surface area contributed by atoms with Gasteiger partial charge in [-0.05, 0) is 24.1 Å². The monoisotopic (exact) mass is 255 g/mol. The van der Waals surface area contributed by atoms with Gasteiger partial charge in [0.15, 0.2) is 0 Å². The molecule has 1 aromatic rings. The van der Waals surface area contributed by atoms with Gasteiger partial charge in [-0.3, -0.25) is 9.59 Å². The van der Waals surface area contributed by atoms with Crippen LogP contribution in [0.15, 0.2) is 18.2 Å². The molecule has 0 radical (unpaired) electrons. The van der Waals surface area contributed by atoms with E-state index >= 15 is 0 Å². The van der Waals surface area contributed by atoms with E-state index in [1.54, 1.807) is 0 Å². The average Bonchev–Trinajstić information content (AvgIpc) is 2.54. The van der Waals surface area contributed by atoms with Crippen LogP contribution in [0.4, 0.5) is 10.1 Å². The predicted octanol–water partition coefficient (Wildman–Crippen LogP) is 2.23. The third-order valence-corrected chi connectivity index (χ3v) is 3.22. The Hall–Kier alpha value is -1.42. The Kier molecular flexibility index (Phi) is 3.15. The molecule has 5 heteroatoms. The molecule has 0 saturated heterocycles. The van der Waals surface area contributed by atoms with Crippen LogP contribution in [0, 0.1) is 11.7 Å². The fraction of sp³-hybridized carbons (Fsp3) is 0.333. The molecule has 1 atom stereocenters. The summed E-state index contributed by atoms with van der Waals surface area (Å²) in [4.78, 5) is 24.7. The maximum Gasteiger partial charge on any atom is 0.299 e. The van der Waals surface area contributed by atoms with E-state index in [0.29, 0.717) is 18.1 Å². The zero-order valence-corrected chi connectivity index (χ0v) is 10.00. The Labute approximate surface area is 103 Å². The molecule has 1 aromatic carbocycles. The van der Waals surface area contributed by atoms with Crippen molar-refractivity contribution in [3.63, 3.8) is 0 Å². The number of rotatable bonds is 3. The van der Waals surface area contributed by atoms with Gasteiger partial charge in [-0.1, -0.05) is 6.92 Å². The van der Waals surface area contributed by atoms with Gasteiger partial charge in [-0.25, -0.2) is 4.39 Å². The molecule has 1 aliphatic heterocycles. The molecule has 1 aliphatic rings. The molecule has 0 spiro atoms. The van der Waals surface area contributed by atoms with Crippen molar-refractivity contribution in [1.82, 2.24) is 0 Å². The number of hydrogen-bond donors (Lipinski definition) is 0. The highest BCUT2D eigenvalue weighted by molar-refractivity contribution is 6.52. The number of halogens is 2. The van der Waals surface area contributed by atoms with Crippen molar-refractivity contribution in [2.45, 2.75) is 6.92 Å². The minimum Gasteiger partial charge on any atom is -0.304 e. The highest BCUT2D eigenvalue weighted by atomic mass is 35.5. The van der Waals surface area contributed by atoms with Crippen molar-refractivity contribution in [1.29, 1.82) is 0 Å². The van der Waals surface area contributed by atoms with Gasteiger partial charge in [0, 0.05) is 12.4 Å². The number of benzene rings is 1. The summed E-state index contributed by atoms with van der Waals surface area (Å²) in [5, 5.41) is 0. The van der Waals surface area contributed by atoms with Gasteiger partial charge in [-0.15, -0.1) is 11.6 Å². The number of amides is 1. The smallest absolute Gasteiger partial charge is 0.299 e. The van der Waals surface area contributed by atoms with Crippen molar-refractivity contribution < 1.29 is 14.0 Å². The molecule has 0 N–H and O–H groups in total. The Morgan fingerprint density at radius 1 is 1.41 bits per heavy atom. The van der Waals surface area contributed by atoms with Gasteiger partial charge in [0.25, 0.3) is 11.7 Å². The molecule has 0 saturated carbocycles. The number of ketones is 1. The zero-order chi connectivity index (χ0) is 12.6. The fourth-order valence-corrected chi connectivity index (χ4v) is 1.91. The summed E-state index contributed by atoms with van der Waals surface area (Å²) in [6.07, 6.45) is 0. The lowest BCUT2D eigenvalue weighted by Gasteiger charge is -2.19. The molecular formula is C12H11ClFNO2. The Morgan fingerprint density at radius 2 is 2.12 bits per heavy atom. The van der Waals surface area contributed by atoms with Crippen LogP contribution in [0.25, 0.3) is 0 Å². The lowest BCUT2D eigenvalue weighted by atomic mass is 10.1. The maximum atomic E-state index is 13.0. The molecule has 1 unspecified atom stereocenters. The van der Waals surface area contributed by atoms with Gasteiger partial charge >= 0.3 is 0 Å². The van der Waals surface area contributed by atoms with Gasteiger partial charge in [0.1, 0.15) is 5.82 Å². The number of hydrogen-bond acceptors (Lipinski definition) is 2. The van der Waals surface area contributed by atoms with Gasteiger partial charge in [-0.2, -0.15) is 0 Å². The average molecular weight is 256 g/mol. The van der Waals surface area contributed by atoms with E-state index in [1.165, 1.54) is 17.0 Å². The lowest BCUT2D eigenvalue weighted by Crippen LogP contribution is -2.34. The number of nitrogens with zero attached hydrogens (tertiary/aromatic N) is 1. The second kappa shape index (κ2) is 4.45. The third-order valence-electron chi connectivity index (χ3n) is 2.69. The first-order valence-electron chi connectivity index (χ1n) is 5.26. The van der Waals surface area contributed by atoms with Gasteiger partial charge in [0.2, 0.25) is 0 Å². The van der Waals surface area contributed by atoms with E-state index in [1.807, 2.05) is 6.92 Å². The van der Waals surface area contributed by atoms with Crippen LogP contribution in [0.2, 0.25) is 0 Å². The maximum absolute atomic E-state index is 13.0. The zero-order valence-electron chi connectivity index (χ0n) is 9.24. The van der Waals surface area contributed by atoms with Crippen molar-refractivity contribution in [3.05, 3.63) is 29.6 Å². The van der Waals surface area contributed by atoms with Crippen molar-refractivity contribution in [3.8, 4) is 0 Å². The van der Waals surface area contributed by atoms with Crippen LogP contribution in [0.1, 0.15) is 17.3 Å². The molecule has 1 heterocycles. The van der Waals surface area contributed by atoms with Crippen LogP contribution >= 0.6 is 11.6 Å². The molecule has 0 bridgehead atoms. The number of alkyl halides is 1. The van der Waals surface area contributed by atoms with Crippen LogP contribution in [-0.2, 0) is 4.79 Å². The molecule has 0 aromatic heterocycles. The van der Waals surface area contributed by atoms with E-state index < -0.39 is 17.5 Å². The Morgan fingerprint density at radius 3 is 2.76 bits per heavy atom. The highest BCUT2D eigenvalue weighted by Gasteiger charge is 2.36. The summed E-state index contributed by atoms with van der Waals surface area (Å²) in [5.74, 6) is -1.31. The van der Waals surface area contributed by atoms with E-state index in [-0.39, 0.29) is 11.5 Å². The lowest BCUT2D eigenvalue weighted by molar-refractivity contribution is -0.114. The summed E-state index contributed by atoms with van der Waals surface area (Å²) in [5.41, 5.74) is 0.607. The molecule has 1 amide bonds. The quantitative estimate of drug-likeness (QED) is 0.614. The van der Waals surface area contributed by atoms with Gasteiger partial charge in [0.05, 0.1) is 11.3 Å². The Bertz CT molecular complexity index is 489. The number of anilines is 1. The van der Waals surface area contributed by atoms with Crippen LogP contribution in [-0.4, -0.2) is 24.1 Å². The van der Waals surface area contributed by atoms with Crippen LogP contribution in [0.5, 0.6) is 0 Å². The summed E-state index contributed by atoms with van der Waals surface area (Å²) < 4.78 is 13.0. The minimum atomic E-state index is -0.652. The van der Waals surface area contributed by atoms with Crippen molar-refractivity contribution in [2.24, 2.45) is 5.92 Å². The highest BCUT2D eigenvalue weighted by Crippen LogP contribution is 2.30. The topological polar surface area (TPSA) is 37.4 Å². The first-order valence-corrected chi connectivity index (χ1v) is 5.79. The summed E-state index contributed by atoms with van der Waals surface area (Å²) in [7, 11) is 0. The van der Waals surface area contributed by atoms with E-state index in [4.69, 9.17) is 11.6 Å². The normalized spacial score (nSPS) is 16.3. The summed E-state index contributed by atoms with van der Waals surface area (Å²) in [6.45, 7) is 2.25. The molecule has 17 heavy (non-hydrogen) atoms. The van der Waals surface area contributed by atoms with Crippen molar-refractivity contribution in [2.75, 3.05) is 17.3 Å². The van der Waals surface area contributed by atoms with E-state index in [9.17, 15) is 14.0 Å². The second-order valence-corrected chi connectivity index (χ2v) is 4.47. The summed E-state index contributed by atoms with van der Waals surface area (Å²) >= 11 is 5.68. The minimum absolute atomic E-state index is 0.0735. The SMILES string of the molecule is CC(CCl)CN1C(=O)C(=O)c2cc(F)ccc21. The van der Waals surface area contributed by atoms with E-state index in [0.717, 1.165) is 6.07 Å². The first-order chi connectivity index (χ1) is 8.04. The first kappa shape index (κ1) is 12.0. The number of carbonyl (C=O) groups excluding carboxylic acids is 2. The second-order valence-electron chi connectivity index (χ2n) is 4.17. The molecule has 0 aliphatic carbocycles. The standard InChI is InChI=1S/C12H11ClFNO2/c1-7(5-13)6-15-10-3-2-8(14)4-9(10)11(16)12(15)17/h2-4,7H,5-6H2,1H3. The fourth-order valence-electron chi connectivity index (χ4n) is 1.81. The van der Waals surface area contributed by atoms with Crippen LogP contribution < -0.4 is 4.90 Å². The molecule has 2 rings (SSSR count). The molecule has 3 nitrogen and oxygen atoms in total. The number of fused-ring (bicyclic) bond motifs is 1. The molecule has 90 valence electrons. The third kappa shape index (κ3) is 2.05. The van der Waals surface area contributed by atoms with Crippen LogP contribution in [0.3, 0.4) is 0 Å². The Balaban J connectivity index is 2.38. The molecular weight excluding hydrogens is 245 g/mol. The van der Waals surface area contributed by atoms with E-state index in [2.05, 4.69) is 0 Å².